The number of nitrogens with one attached hydrogen (secondary N) is 1. The highest BCUT2D eigenvalue weighted by Crippen LogP contribution is 2.05. The van der Waals surface area contributed by atoms with Crippen LogP contribution in [0, 0.1) is 5.92 Å². The zero-order valence-corrected chi connectivity index (χ0v) is 12.2. The van der Waals surface area contributed by atoms with Gasteiger partial charge < -0.3 is 5.32 Å². The fourth-order valence-electron chi connectivity index (χ4n) is 1.68. The van der Waals surface area contributed by atoms with E-state index in [2.05, 4.69) is 42.4 Å². The second-order valence-electron chi connectivity index (χ2n) is 4.79. The molecule has 1 unspecified atom stereocenters. The first-order valence-electron chi connectivity index (χ1n) is 6.73. The number of carbonyl (C=O) groups is 1. The highest BCUT2D eigenvalue weighted by atomic mass is 16.1. The average Bonchev–Trinajstić information content (AvgIpc) is 2.96. The van der Waals surface area contributed by atoms with E-state index in [1.165, 1.54) is 11.0 Å². The molecule has 108 valence electrons. The number of rotatable bonds is 8. The van der Waals surface area contributed by atoms with Crippen molar-refractivity contribution >= 4 is 11.6 Å². The van der Waals surface area contributed by atoms with Crippen LogP contribution in [0.4, 0.5) is 0 Å². The number of carbonyl (C=O) groups excluding carboxylic acids is 1. The Labute approximate surface area is 120 Å². The van der Waals surface area contributed by atoms with Crippen molar-refractivity contribution in [2.24, 2.45) is 5.92 Å². The summed E-state index contributed by atoms with van der Waals surface area (Å²) < 4.78 is 1.52. The Morgan fingerprint density at radius 3 is 2.80 bits per heavy atom. The van der Waals surface area contributed by atoms with E-state index in [-0.39, 0.29) is 5.91 Å². The largest absolute Gasteiger partial charge is 0.352 e. The molecule has 5 nitrogen and oxygen atoms in total. The molecule has 1 amide bonds. The van der Waals surface area contributed by atoms with Gasteiger partial charge in [-0.2, -0.15) is 5.10 Å². The second-order valence-corrected chi connectivity index (χ2v) is 4.79. The van der Waals surface area contributed by atoms with Crippen LogP contribution in [0.3, 0.4) is 0 Å². The summed E-state index contributed by atoms with van der Waals surface area (Å²) in [5.41, 5.74) is 1.02. The van der Waals surface area contributed by atoms with Crippen molar-refractivity contribution < 1.29 is 4.79 Å². The minimum absolute atomic E-state index is 0.157. The number of amides is 1. The maximum atomic E-state index is 11.8. The smallest absolute Gasteiger partial charge is 0.250 e. The predicted molar refractivity (Wildman–Crippen MR) is 80.7 cm³/mol. The first kappa shape index (κ1) is 15.9. The monoisotopic (exact) mass is 274 g/mol. The van der Waals surface area contributed by atoms with E-state index in [9.17, 15) is 4.79 Å². The number of aromatic nitrogens is 3. The SMILES string of the molecule is C=C(/C=C\C(=C)n1cncn1)C(=O)NCC(C)CCC. The summed E-state index contributed by atoms with van der Waals surface area (Å²) in [4.78, 5) is 15.7. The minimum atomic E-state index is -0.157. The molecule has 0 aliphatic rings. The van der Waals surface area contributed by atoms with Crippen molar-refractivity contribution in [3.05, 3.63) is 43.5 Å². The lowest BCUT2D eigenvalue weighted by molar-refractivity contribution is -0.117. The minimum Gasteiger partial charge on any atom is -0.352 e. The molecule has 1 atom stereocenters. The standard InChI is InChI=1S/C15H22N4O/c1-5-6-12(2)9-17-15(20)13(3)7-8-14(4)19-11-16-10-18-19/h7-8,10-12H,3-6,9H2,1-2H3,(H,17,20)/b8-7-. The Morgan fingerprint density at radius 1 is 1.45 bits per heavy atom. The van der Waals surface area contributed by atoms with E-state index in [1.54, 1.807) is 18.5 Å². The molecule has 0 saturated heterocycles. The molecular weight excluding hydrogens is 252 g/mol. The molecule has 1 rings (SSSR count). The van der Waals surface area contributed by atoms with E-state index in [4.69, 9.17) is 0 Å². The molecule has 20 heavy (non-hydrogen) atoms. The van der Waals surface area contributed by atoms with Gasteiger partial charge in [0.05, 0.1) is 5.70 Å². The summed E-state index contributed by atoms with van der Waals surface area (Å²) in [6.07, 6.45) is 8.51. The fourth-order valence-corrected chi connectivity index (χ4v) is 1.68. The lowest BCUT2D eigenvalue weighted by Crippen LogP contribution is -2.28. The molecule has 0 saturated carbocycles. The van der Waals surface area contributed by atoms with Gasteiger partial charge in [0.1, 0.15) is 12.7 Å². The maximum Gasteiger partial charge on any atom is 0.250 e. The van der Waals surface area contributed by atoms with E-state index in [1.807, 2.05) is 0 Å². The number of allylic oxidation sites excluding steroid dienone is 2. The Hall–Kier alpha value is -2.17. The molecule has 0 aliphatic carbocycles. The van der Waals surface area contributed by atoms with Crippen LogP contribution in [-0.4, -0.2) is 27.2 Å². The van der Waals surface area contributed by atoms with Gasteiger partial charge in [-0.1, -0.05) is 33.4 Å². The third-order valence-electron chi connectivity index (χ3n) is 2.87. The van der Waals surface area contributed by atoms with E-state index < -0.39 is 0 Å². The molecule has 5 heteroatoms. The van der Waals surface area contributed by atoms with Gasteiger partial charge in [0.15, 0.2) is 0 Å². The van der Waals surface area contributed by atoms with Crippen LogP contribution < -0.4 is 5.32 Å². The lowest BCUT2D eigenvalue weighted by Gasteiger charge is -2.11. The first-order valence-corrected chi connectivity index (χ1v) is 6.73. The third-order valence-corrected chi connectivity index (χ3v) is 2.87. The first-order chi connectivity index (χ1) is 9.54. The average molecular weight is 274 g/mol. The lowest BCUT2D eigenvalue weighted by atomic mass is 10.1. The van der Waals surface area contributed by atoms with Gasteiger partial charge in [-0.15, -0.1) is 0 Å². The van der Waals surface area contributed by atoms with Crippen LogP contribution in [0.1, 0.15) is 26.7 Å². The van der Waals surface area contributed by atoms with Crippen LogP contribution in [-0.2, 0) is 4.79 Å². The van der Waals surface area contributed by atoms with Crippen molar-refractivity contribution in [1.82, 2.24) is 20.1 Å². The molecular formula is C15H22N4O. The second kappa shape index (κ2) is 8.09. The molecule has 0 aromatic carbocycles. The summed E-state index contributed by atoms with van der Waals surface area (Å²) in [5, 5.41) is 6.81. The van der Waals surface area contributed by atoms with Gasteiger partial charge in [-0.25, -0.2) is 9.67 Å². The Balaban J connectivity index is 2.42. The highest BCUT2D eigenvalue weighted by Gasteiger charge is 2.06. The zero-order chi connectivity index (χ0) is 15.0. The van der Waals surface area contributed by atoms with Gasteiger partial charge in [0, 0.05) is 12.1 Å². The molecule has 1 heterocycles. The summed E-state index contributed by atoms with van der Waals surface area (Å²) in [6.45, 7) is 12.5. The van der Waals surface area contributed by atoms with Crippen LogP contribution >= 0.6 is 0 Å². The van der Waals surface area contributed by atoms with Gasteiger partial charge in [-0.05, 0) is 24.5 Å². The third kappa shape index (κ3) is 5.22. The Morgan fingerprint density at radius 2 is 2.20 bits per heavy atom. The molecule has 0 radical (unpaired) electrons. The van der Waals surface area contributed by atoms with E-state index in [0.717, 1.165) is 12.8 Å². The van der Waals surface area contributed by atoms with Crippen LogP contribution in [0.5, 0.6) is 0 Å². The summed E-state index contributed by atoms with van der Waals surface area (Å²) in [6, 6.07) is 0. The van der Waals surface area contributed by atoms with E-state index >= 15 is 0 Å². The van der Waals surface area contributed by atoms with Crippen molar-refractivity contribution in [3.63, 3.8) is 0 Å². The quantitative estimate of drug-likeness (QED) is 0.585. The molecule has 1 N–H and O–H groups in total. The number of hydrogen-bond donors (Lipinski definition) is 1. The van der Waals surface area contributed by atoms with Crippen LogP contribution in [0.25, 0.3) is 5.70 Å². The molecule has 0 fully saturated rings. The normalized spacial score (nSPS) is 12.3. The van der Waals surface area contributed by atoms with Crippen LogP contribution in [0.2, 0.25) is 0 Å². The number of nitrogens with zero attached hydrogens (tertiary/aromatic N) is 3. The predicted octanol–water partition coefficient (Wildman–Crippen LogP) is 2.41. The van der Waals surface area contributed by atoms with Crippen molar-refractivity contribution in [1.29, 1.82) is 0 Å². The zero-order valence-electron chi connectivity index (χ0n) is 12.2. The van der Waals surface area contributed by atoms with E-state index in [0.29, 0.717) is 23.7 Å². The Kier molecular flexibility index (Phi) is 6.43. The van der Waals surface area contributed by atoms with Gasteiger partial charge in [0.25, 0.3) is 5.91 Å². The summed E-state index contributed by atoms with van der Waals surface area (Å²) in [5.74, 6) is 0.321. The molecule has 0 aliphatic heterocycles. The Bertz CT molecular complexity index is 488. The van der Waals surface area contributed by atoms with Crippen molar-refractivity contribution in [2.75, 3.05) is 6.54 Å². The maximum absolute atomic E-state index is 11.8. The molecule has 0 spiro atoms. The van der Waals surface area contributed by atoms with Gasteiger partial charge in [0.2, 0.25) is 0 Å². The van der Waals surface area contributed by atoms with Gasteiger partial charge >= 0.3 is 0 Å². The summed E-state index contributed by atoms with van der Waals surface area (Å²) >= 11 is 0. The molecule has 1 aromatic rings. The topological polar surface area (TPSA) is 59.8 Å². The van der Waals surface area contributed by atoms with Gasteiger partial charge in [-0.3, -0.25) is 4.79 Å². The number of hydrogen-bond acceptors (Lipinski definition) is 3. The van der Waals surface area contributed by atoms with Crippen molar-refractivity contribution in [2.45, 2.75) is 26.7 Å². The summed E-state index contributed by atoms with van der Waals surface area (Å²) in [7, 11) is 0. The highest BCUT2D eigenvalue weighted by molar-refractivity contribution is 5.95. The fraction of sp³-hybridized carbons (Fsp3) is 0.400. The van der Waals surface area contributed by atoms with Crippen molar-refractivity contribution in [3.8, 4) is 0 Å². The molecule has 1 aromatic heterocycles. The molecule has 0 bridgehead atoms. The van der Waals surface area contributed by atoms with Crippen LogP contribution in [0.15, 0.2) is 43.5 Å².